The second kappa shape index (κ2) is 6.60. The predicted molar refractivity (Wildman–Crippen MR) is 96.2 cm³/mol. The van der Waals surface area contributed by atoms with Crippen molar-refractivity contribution < 1.29 is 9.47 Å². The van der Waals surface area contributed by atoms with Crippen molar-refractivity contribution in [2.75, 3.05) is 18.5 Å². The van der Waals surface area contributed by atoms with Crippen molar-refractivity contribution in [2.45, 2.75) is 29.0 Å². The Labute approximate surface area is 149 Å². The predicted octanol–water partition coefficient (Wildman–Crippen LogP) is 3.35. The van der Waals surface area contributed by atoms with Crippen LogP contribution in [-0.2, 0) is 4.74 Å². The average molecular weight is 423 g/mol. The Kier molecular flexibility index (Phi) is 4.35. The molecule has 2 aliphatic rings. The summed E-state index contributed by atoms with van der Waals surface area (Å²) < 4.78 is 11.7. The molecule has 0 aliphatic carbocycles. The van der Waals surface area contributed by atoms with Gasteiger partial charge in [-0.1, -0.05) is 30.3 Å². The van der Waals surface area contributed by atoms with Crippen molar-refractivity contribution in [3.8, 4) is 5.88 Å². The highest BCUT2D eigenvalue weighted by molar-refractivity contribution is 14.1. The third-order valence-corrected chi connectivity index (χ3v) is 5.30. The van der Waals surface area contributed by atoms with Gasteiger partial charge in [-0.25, -0.2) is 9.97 Å². The van der Waals surface area contributed by atoms with Gasteiger partial charge in [-0.15, -0.1) is 0 Å². The fourth-order valence-electron chi connectivity index (χ4n) is 3.19. The smallest absolute Gasteiger partial charge is 0.223 e. The minimum Gasteiger partial charge on any atom is -0.462 e. The Morgan fingerprint density at radius 3 is 2.87 bits per heavy atom. The molecule has 2 unspecified atom stereocenters. The van der Waals surface area contributed by atoms with E-state index in [4.69, 9.17) is 9.47 Å². The Hall–Kier alpha value is -1.41. The number of nitrogens with zero attached hydrogens (tertiary/aromatic N) is 2. The van der Waals surface area contributed by atoms with Crippen molar-refractivity contribution in [3.63, 3.8) is 0 Å². The molecule has 0 radical (unpaired) electrons. The number of hydrogen-bond donors (Lipinski definition) is 1. The van der Waals surface area contributed by atoms with E-state index in [2.05, 4.69) is 62.1 Å². The first-order valence-electron chi connectivity index (χ1n) is 7.89. The van der Waals surface area contributed by atoms with Crippen LogP contribution in [0.5, 0.6) is 5.88 Å². The van der Waals surface area contributed by atoms with Crippen LogP contribution in [0.25, 0.3) is 0 Å². The van der Waals surface area contributed by atoms with Gasteiger partial charge in [-0.3, -0.25) is 0 Å². The molecule has 120 valence electrons. The normalized spacial score (nSPS) is 25.9. The van der Waals surface area contributed by atoms with Crippen LogP contribution >= 0.6 is 22.6 Å². The molecule has 2 aliphatic heterocycles. The number of halogens is 1. The molecule has 0 saturated carbocycles. The fourth-order valence-corrected chi connectivity index (χ4v) is 4.21. The van der Waals surface area contributed by atoms with Crippen LogP contribution < -0.4 is 10.1 Å². The SMILES string of the molecule is IC1Oc2ncnc(NC[C@@H]3CCCO3)c2C1c1ccccc1. The maximum absolute atomic E-state index is 5.95. The third kappa shape index (κ3) is 3.01. The van der Waals surface area contributed by atoms with Crippen LogP contribution in [0.15, 0.2) is 36.7 Å². The van der Waals surface area contributed by atoms with E-state index in [0.29, 0.717) is 5.88 Å². The number of rotatable bonds is 4. The Balaban J connectivity index is 1.63. The molecule has 3 heterocycles. The van der Waals surface area contributed by atoms with Crippen molar-refractivity contribution in [1.29, 1.82) is 0 Å². The summed E-state index contributed by atoms with van der Waals surface area (Å²) in [6.45, 7) is 1.64. The summed E-state index contributed by atoms with van der Waals surface area (Å²) >= 11 is 2.33. The number of nitrogens with one attached hydrogen (secondary N) is 1. The second-order valence-electron chi connectivity index (χ2n) is 5.81. The summed E-state index contributed by atoms with van der Waals surface area (Å²) in [5.41, 5.74) is 2.27. The molecule has 0 spiro atoms. The summed E-state index contributed by atoms with van der Waals surface area (Å²) in [4.78, 5) is 8.78. The van der Waals surface area contributed by atoms with E-state index in [1.54, 1.807) is 6.33 Å². The lowest BCUT2D eigenvalue weighted by Gasteiger charge is -2.17. The van der Waals surface area contributed by atoms with Crippen LogP contribution in [0.1, 0.15) is 29.9 Å². The summed E-state index contributed by atoms with van der Waals surface area (Å²) in [7, 11) is 0. The molecule has 23 heavy (non-hydrogen) atoms. The number of benzene rings is 1. The summed E-state index contributed by atoms with van der Waals surface area (Å²) in [5, 5.41) is 3.45. The lowest BCUT2D eigenvalue weighted by Crippen LogP contribution is -2.20. The highest BCUT2D eigenvalue weighted by atomic mass is 127. The first-order chi connectivity index (χ1) is 11.3. The summed E-state index contributed by atoms with van der Waals surface area (Å²) in [6, 6.07) is 10.4. The number of ether oxygens (including phenoxy) is 2. The van der Waals surface area contributed by atoms with E-state index < -0.39 is 0 Å². The maximum atomic E-state index is 5.95. The Morgan fingerprint density at radius 1 is 1.22 bits per heavy atom. The average Bonchev–Trinajstić information content (AvgIpc) is 3.20. The van der Waals surface area contributed by atoms with Gasteiger partial charge in [0.2, 0.25) is 5.88 Å². The zero-order chi connectivity index (χ0) is 15.6. The lowest BCUT2D eigenvalue weighted by molar-refractivity contribution is 0.120. The first kappa shape index (κ1) is 15.1. The largest absolute Gasteiger partial charge is 0.462 e. The van der Waals surface area contributed by atoms with E-state index in [1.807, 2.05) is 6.07 Å². The molecular weight excluding hydrogens is 405 g/mol. The maximum Gasteiger partial charge on any atom is 0.223 e. The van der Waals surface area contributed by atoms with Gasteiger partial charge in [0.05, 0.1) is 17.6 Å². The van der Waals surface area contributed by atoms with Crippen LogP contribution in [0.3, 0.4) is 0 Å². The molecule has 1 saturated heterocycles. The number of alkyl halides is 1. The van der Waals surface area contributed by atoms with Crippen molar-refractivity contribution in [1.82, 2.24) is 9.97 Å². The molecule has 1 fully saturated rings. The molecule has 1 aromatic heterocycles. The molecular formula is C17H18IN3O2. The van der Waals surface area contributed by atoms with Gasteiger partial charge >= 0.3 is 0 Å². The Morgan fingerprint density at radius 2 is 2.09 bits per heavy atom. The Bertz CT molecular complexity index is 677. The fraction of sp³-hybridized carbons (Fsp3) is 0.412. The number of fused-ring (bicyclic) bond motifs is 1. The van der Waals surface area contributed by atoms with E-state index >= 15 is 0 Å². The van der Waals surface area contributed by atoms with Crippen molar-refractivity contribution in [2.24, 2.45) is 0 Å². The van der Waals surface area contributed by atoms with E-state index in [0.717, 1.165) is 37.4 Å². The molecule has 6 heteroatoms. The number of anilines is 1. The molecule has 0 amide bonds. The quantitative estimate of drug-likeness (QED) is 0.604. The molecule has 5 nitrogen and oxygen atoms in total. The number of aromatic nitrogens is 2. The van der Waals surface area contributed by atoms with Gasteiger partial charge in [-0.2, -0.15) is 0 Å². The van der Waals surface area contributed by atoms with Crippen LogP contribution in [-0.4, -0.2) is 33.3 Å². The molecule has 2 aromatic rings. The summed E-state index contributed by atoms with van der Waals surface area (Å²) in [6.07, 6.45) is 4.08. The van der Waals surface area contributed by atoms with Crippen LogP contribution in [0, 0.1) is 0 Å². The second-order valence-corrected chi connectivity index (χ2v) is 7.04. The zero-order valence-corrected chi connectivity index (χ0v) is 14.8. The van der Waals surface area contributed by atoms with Crippen LogP contribution in [0.4, 0.5) is 5.82 Å². The monoisotopic (exact) mass is 423 g/mol. The number of hydrogen-bond acceptors (Lipinski definition) is 5. The standard InChI is InChI=1S/C17H18IN3O2/c18-15-13(11-5-2-1-3-6-11)14-16(20-10-21-17(14)23-15)19-9-12-7-4-8-22-12/h1-3,5-6,10,12-13,15H,4,7-9H2,(H,19,20,21)/t12-,13?,15?/m0/s1. The third-order valence-electron chi connectivity index (χ3n) is 4.32. The van der Waals surface area contributed by atoms with Crippen molar-refractivity contribution in [3.05, 3.63) is 47.8 Å². The van der Waals surface area contributed by atoms with Crippen molar-refractivity contribution >= 4 is 28.4 Å². The molecule has 1 N–H and O–H groups in total. The first-order valence-corrected chi connectivity index (χ1v) is 9.13. The molecule has 0 bridgehead atoms. The molecule has 3 atom stereocenters. The summed E-state index contributed by atoms with van der Waals surface area (Å²) in [5.74, 6) is 1.68. The van der Waals surface area contributed by atoms with E-state index in [9.17, 15) is 0 Å². The van der Waals surface area contributed by atoms with Gasteiger partial charge in [0.25, 0.3) is 0 Å². The molecule has 1 aromatic carbocycles. The minimum absolute atomic E-state index is 0.0185. The van der Waals surface area contributed by atoms with E-state index in [1.165, 1.54) is 5.56 Å². The van der Waals surface area contributed by atoms with Gasteiger partial charge in [0, 0.05) is 13.2 Å². The van der Waals surface area contributed by atoms with Crippen LogP contribution in [0.2, 0.25) is 0 Å². The highest BCUT2D eigenvalue weighted by Gasteiger charge is 2.37. The molecule has 4 rings (SSSR count). The lowest BCUT2D eigenvalue weighted by atomic mass is 9.94. The van der Waals surface area contributed by atoms with Gasteiger partial charge in [0.1, 0.15) is 12.1 Å². The van der Waals surface area contributed by atoms with Gasteiger partial charge in [-0.05, 0) is 41.0 Å². The topological polar surface area (TPSA) is 56.3 Å². The zero-order valence-electron chi connectivity index (χ0n) is 12.6. The van der Waals surface area contributed by atoms with E-state index in [-0.39, 0.29) is 16.1 Å². The van der Waals surface area contributed by atoms with Gasteiger partial charge < -0.3 is 14.8 Å². The van der Waals surface area contributed by atoms with Gasteiger partial charge in [0.15, 0.2) is 4.11 Å². The highest BCUT2D eigenvalue weighted by Crippen LogP contribution is 2.46. The minimum atomic E-state index is 0.0185.